The maximum Gasteiger partial charge on any atom is 0.307 e. The second-order valence-electron chi connectivity index (χ2n) is 6.49. The minimum Gasteiger partial charge on any atom is -0.481 e. The van der Waals surface area contributed by atoms with Crippen LogP contribution in [-0.2, 0) is 16.6 Å². The van der Waals surface area contributed by atoms with E-state index in [1.807, 2.05) is 13.8 Å². The van der Waals surface area contributed by atoms with E-state index < -0.39 is 11.9 Å². The smallest absolute Gasteiger partial charge is 0.307 e. The van der Waals surface area contributed by atoms with Crippen LogP contribution in [0.15, 0.2) is 52.3 Å². The maximum atomic E-state index is 11.4. The van der Waals surface area contributed by atoms with Gasteiger partial charge in [0.05, 0.1) is 5.92 Å². The Morgan fingerprint density at radius 2 is 1.82 bits per heavy atom. The lowest BCUT2D eigenvalue weighted by Crippen LogP contribution is -2.32. The van der Waals surface area contributed by atoms with Crippen LogP contribution in [0.5, 0.6) is 0 Å². The summed E-state index contributed by atoms with van der Waals surface area (Å²) in [5.74, 6) is -1.17. The summed E-state index contributed by atoms with van der Waals surface area (Å²) < 4.78 is 0. The molecule has 1 N–H and O–H groups in total. The molecule has 0 radical (unpaired) electrons. The van der Waals surface area contributed by atoms with Crippen molar-refractivity contribution in [3.05, 3.63) is 59.2 Å². The molecule has 1 unspecified atom stereocenters. The molecule has 2 aromatic rings. The van der Waals surface area contributed by atoms with Crippen LogP contribution in [0.4, 0.5) is 0 Å². The minimum absolute atomic E-state index is 0.386. The molecular weight excluding hydrogens is 292 g/mol. The van der Waals surface area contributed by atoms with Crippen LogP contribution in [0, 0.1) is 5.92 Å². The third-order valence-electron chi connectivity index (χ3n) is 4.83. The van der Waals surface area contributed by atoms with Gasteiger partial charge in [0.1, 0.15) is 0 Å². The molecular formula is C19H20O2S. The van der Waals surface area contributed by atoms with Crippen LogP contribution in [0.3, 0.4) is 0 Å². The van der Waals surface area contributed by atoms with Crippen LogP contribution in [0.2, 0.25) is 0 Å². The van der Waals surface area contributed by atoms with Gasteiger partial charge >= 0.3 is 5.97 Å². The van der Waals surface area contributed by atoms with Gasteiger partial charge in [-0.1, -0.05) is 62.9 Å². The molecule has 1 aliphatic heterocycles. The second-order valence-corrected chi connectivity index (χ2v) is 7.57. The summed E-state index contributed by atoms with van der Waals surface area (Å²) in [6, 6.07) is 14.9. The van der Waals surface area contributed by atoms with E-state index in [2.05, 4.69) is 42.5 Å². The molecule has 0 saturated heterocycles. The first-order valence-electron chi connectivity index (χ1n) is 7.51. The summed E-state index contributed by atoms with van der Waals surface area (Å²) in [6.07, 6.45) is 0.921. The molecule has 0 fully saturated rings. The number of carboxylic acid groups (broad SMARTS) is 1. The lowest BCUT2D eigenvalue weighted by atomic mass is 9.74. The van der Waals surface area contributed by atoms with Crippen molar-refractivity contribution in [3.8, 4) is 0 Å². The summed E-state index contributed by atoms with van der Waals surface area (Å²) in [6.45, 7) is 5.81. The molecule has 0 amide bonds. The van der Waals surface area contributed by atoms with Gasteiger partial charge in [0.2, 0.25) is 0 Å². The summed E-state index contributed by atoms with van der Waals surface area (Å²) in [5, 5.41) is 9.34. The average Bonchev–Trinajstić information content (AvgIpc) is 2.51. The molecule has 22 heavy (non-hydrogen) atoms. The van der Waals surface area contributed by atoms with Gasteiger partial charge in [0.15, 0.2) is 0 Å². The first-order chi connectivity index (χ1) is 10.4. The topological polar surface area (TPSA) is 37.3 Å². The quantitative estimate of drug-likeness (QED) is 0.759. The highest BCUT2D eigenvalue weighted by molar-refractivity contribution is 7.99. The highest BCUT2D eigenvalue weighted by atomic mass is 32.2. The minimum atomic E-state index is -0.748. The largest absolute Gasteiger partial charge is 0.481 e. The van der Waals surface area contributed by atoms with E-state index >= 15 is 0 Å². The van der Waals surface area contributed by atoms with Gasteiger partial charge in [-0.15, -0.1) is 0 Å². The Morgan fingerprint density at radius 1 is 1.14 bits per heavy atom. The summed E-state index contributed by atoms with van der Waals surface area (Å²) >= 11 is 1.80. The SMILES string of the molecule is CC(C(=O)O)C(C)(C)c1ccc2c(c1)Cc1ccccc1S2. The number of hydrogen-bond acceptors (Lipinski definition) is 2. The van der Waals surface area contributed by atoms with Crippen molar-refractivity contribution in [1.82, 2.24) is 0 Å². The zero-order valence-electron chi connectivity index (χ0n) is 13.1. The highest BCUT2D eigenvalue weighted by Gasteiger charge is 2.33. The summed E-state index contributed by atoms with van der Waals surface area (Å²) in [4.78, 5) is 14.0. The van der Waals surface area contributed by atoms with Crippen LogP contribution in [0.1, 0.15) is 37.5 Å². The van der Waals surface area contributed by atoms with E-state index in [0.717, 1.165) is 12.0 Å². The molecule has 2 aromatic carbocycles. The maximum absolute atomic E-state index is 11.4. The monoisotopic (exact) mass is 312 g/mol. The first-order valence-corrected chi connectivity index (χ1v) is 8.33. The Bertz CT molecular complexity index is 734. The van der Waals surface area contributed by atoms with E-state index in [-0.39, 0.29) is 5.41 Å². The van der Waals surface area contributed by atoms with Crippen molar-refractivity contribution >= 4 is 17.7 Å². The number of hydrogen-bond donors (Lipinski definition) is 1. The third-order valence-corrected chi connectivity index (χ3v) is 6.07. The molecule has 0 saturated carbocycles. The van der Waals surface area contributed by atoms with E-state index in [1.165, 1.54) is 20.9 Å². The van der Waals surface area contributed by atoms with Crippen LogP contribution in [-0.4, -0.2) is 11.1 Å². The number of rotatable bonds is 3. The Kier molecular flexibility index (Phi) is 3.77. The fourth-order valence-corrected chi connectivity index (χ4v) is 3.90. The predicted molar refractivity (Wildman–Crippen MR) is 89.6 cm³/mol. The van der Waals surface area contributed by atoms with Gasteiger partial charge in [-0.3, -0.25) is 4.79 Å². The molecule has 2 nitrogen and oxygen atoms in total. The molecule has 0 spiro atoms. The van der Waals surface area contributed by atoms with Crippen molar-refractivity contribution < 1.29 is 9.90 Å². The fraction of sp³-hybridized carbons (Fsp3) is 0.316. The molecule has 1 atom stereocenters. The number of carbonyl (C=O) groups is 1. The Labute approximate surface area is 135 Å². The zero-order chi connectivity index (χ0) is 15.9. The summed E-state index contributed by atoms with van der Waals surface area (Å²) in [5.41, 5.74) is 3.36. The van der Waals surface area contributed by atoms with E-state index in [9.17, 15) is 9.90 Å². The molecule has 114 valence electrons. The summed E-state index contributed by atoms with van der Waals surface area (Å²) in [7, 11) is 0. The van der Waals surface area contributed by atoms with E-state index in [1.54, 1.807) is 18.7 Å². The van der Waals surface area contributed by atoms with Crippen molar-refractivity contribution in [2.75, 3.05) is 0 Å². The molecule has 0 aromatic heterocycles. The van der Waals surface area contributed by atoms with Gasteiger partial charge in [0, 0.05) is 15.2 Å². The van der Waals surface area contributed by atoms with Crippen LogP contribution < -0.4 is 0 Å². The molecule has 0 bridgehead atoms. The van der Waals surface area contributed by atoms with Gasteiger partial charge in [-0.25, -0.2) is 0 Å². The lowest BCUT2D eigenvalue weighted by Gasteiger charge is -2.31. The number of carboxylic acids is 1. The molecule has 1 aliphatic rings. The van der Waals surface area contributed by atoms with E-state index in [4.69, 9.17) is 0 Å². The molecule has 3 heteroatoms. The fourth-order valence-electron chi connectivity index (χ4n) is 2.85. The second kappa shape index (κ2) is 5.47. The van der Waals surface area contributed by atoms with Gasteiger partial charge in [-0.05, 0) is 35.2 Å². The molecule has 0 aliphatic carbocycles. The zero-order valence-corrected chi connectivity index (χ0v) is 13.9. The Balaban J connectivity index is 1.98. The number of fused-ring (bicyclic) bond motifs is 2. The van der Waals surface area contributed by atoms with Gasteiger partial charge in [-0.2, -0.15) is 0 Å². The predicted octanol–water partition coefficient (Wildman–Crippen LogP) is 4.74. The average molecular weight is 312 g/mol. The lowest BCUT2D eigenvalue weighted by molar-refractivity contribution is -0.143. The van der Waals surface area contributed by atoms with Crippen molar-refractivity contribution in [1.29, 1.82) is 0 Å². The van der Waals surface area contributed by atoms with Crippen molar-refractivity contribution in [2.24, 2.45) is 5.92 Å². The van der Waals surface area contributed by atoms with Crippen molar-refractivity contribution in [2.45, 2.75) is 42.4 Å². The van der Waals surface area contributed by atoms with Crippen LogP contribution >= 0.6 is 11.8 Å². The van der Waals surface area contributed by atoms with Crippen LogP contribution in [0.25, 0.3) is 0 Å². The normalized spacial score (nSPS) is 14.9. The van der Waals surface area contributed by atoms with Gasteiger partial charge in [0.25, 0.3) is 0 Å². The first kappa shape index (κ1) is 15.2. The Hall–Kier alpha value is -1.74. The third kappa shape index (κ3) is 2.54. The van der Waals surface area contributed by atoms with Crippen molar-refractivity contribution in [3.63, 3.8) is 0 Å². The number of aliphatic carboxylic acids is 1. The standard InChI is InChI=1S/C19H20O2S/c1-12(18(20)21)19(2,3)15-8-9-17-14(11-15)10-13-6-4-5-7-16(13)22-17/h4-9,11-12H,10H2,1-3H3,(H,20,21). The Morgan fingerprint density at radius 3 is 2.55 bits per heavy atom. The van der Waals surface area contributed by atoms with E-state index in [0.29, 0.717) is 0 Å². The van der Waals surface area contributed by atoms with Gasteiger partial charge < -0.3 is 5.11 Å². The highest BCUT2D eigenvalue weighted by Crippen LogP contribution is 2.42. The number of benzene rings is 2. The molecule has 3 rings (SSSR count). The molecule has 1 heterocycles.